The van der Waals surface area contributed by atoms with Gasteiger partial charge in [-0.25, -0.2) is 4.79 Å². The number of nitrogens with zero attached hydrogens (tertiary/aromatic N) is 1. The van der Waals surface area contributed by atoms with E-state index in [1.165, 1.54) is 44.9 Å². The lowest BCUT2D eigenvalue weighted by atomic mass is 9.61. The number of esters is 1. The van der Waals surface area contributed by atoms with Crippen LogP contribution in [0, 0.1) is 23.7 Å². The standard InChI is InChI=1S/C22H33NO2/c1-14-7-6-9-17(23(14)3)11-12-19-18-10-5-4-8-16(18)13-20-21(19)15(2)25-22(20)24/h11-19,21H,4-10H2,1-3H3/b12-11+/t14-,15+,16-,17+,18+,19-,21-/m1/s1. The molecule has 2 aliphatic heterocycles. The average molecular weight is 344 g/mol. The Morgan fingerprint density at radius 2 is 1.88 bits per heavy atom. The number of allylic oxidation sites excluding steroid dienone is 2. The molecule has 2 aliphatic carbocycles. The van der Waals surface area contributed by atoms with E-state index in [-0.39, 0.29) is 18.0 Å². The van der Waals surface area contributed by atoms with Gasteiger partial charge in [0.1, 0.15) is 6.10 Å². The molecule has 2 saturated heterocycles. The van der Waals surface area contributed by atoms with E-state index in [2.05, 4.69) is 44.0 Å². The zero-order valence-electron chi connectivity index (χ0n) is 16.0. The van der Waals surface area contributed by atoms with E-state index >= 15 is 0 Å². The minimum Gasteiger partial charge on any atom is -0.459 e. The molecular formula is C22H33NO2. The highest BCUT2D eigenvalue weighted by Gasteiger charge is 2.49. The van der Waals surface area contributed by atoms with Crippen LogP contribution < -0.4 is 0 Å². The molecule has 3 heteroatoms. The number of hydrogen-bond donors (Lipinski definition) is 0. The van der Waals surface area contributed by atoms with Gasteiger partial charge in [0.2, 0.25) is 0 Å². The van der Waals surface area contributed by atoms with Gasteiger partial charge in [0.15, 0.2) is 0 Å². The van der Waals surface area contributed by atoms with E-state index in [0.717, 1.165) is 5.57 Å². The summed E-state index contributed by atoms with van der Waals surface area (Å²) >= 11 is 0. The Bertz CT molecular complexity index is 581. The first-order valence-corrected chi connectivity index (χ1v) is 10.4. The molecule has 25 heavy (non-hydrogen) atoms. The second-order valence-electron chi connectivity index (χ2n) is 8.85. The lowest BCUT2D eigenvalue weighted by Gasteiger charge is -2.42. The van der Waals surface area contributed by atoms with Crippen LogP contribution in [0.3, 0.4) is 0 Å². The number of piperidine rings is 1. The summed E-state index contributed by atoms with van der Waals surface area (Å²) in [5.74, 6) is 1.97. The van der Waals surface area contributed by atoms with Crippen LogP contribution in [0.5, 0.6) is 0 Å². The van der Waals surface area contributed by atoms with Gasteiger partial charge in [0, 0.05) is 23.6 Å². The van der Waals surface area contributed by atoms with Crippen molar-refractivity contribution in [2.45, 2.75) is 77.0 Å². The summed E-state index contributed by atoms with van der Waals surface area (Å²) in [5.41, 5.74) is 0.982. The van der Waals surface area contributed by atoms with Gasteiger partial charge in [-0.2, -0.15) is 0 Å². The number of hydrogen-bond acceptors (Lipinski definition) is 3. The van der Waals surface area contributed by atoms with Crippen LogP contribution in [0.1, 0.15) is 58.8 Å². The first-order chi connectivity index (χ1) is 12.1. The van der Waals surface area contributed by atoms with Crippen LogP contribution in [0.25, 0.3) is 0 Å². The second kappa shape index (κ2) is 6.90. The predicted octanol–water partition coefficient (Wildman–Crippen LogP) is 4.34. The highest BCUT2D eigenvalue weighted by atomic mass is 16.5. The molecule has 0 unspecified atom stereocenters. The minimum atomic E-state index is -0.0525. The van der Waals surface area contributed by atoms with Crippen LogP contribution in [-0.4, -0.2) is 36.1 Å². The van der Waals surface area contributed by atoms with Crippen molar-refractivity contribution in [2.75, 3.05) is 7.05 Å². The molecule has 0 bridgehead atoms. The van der Waals surface area contributed by atoms with Crippen molar-refractivity contribution in [2.24, 2.45) is 23.7 Å². The Morgan fingerprint density at radius 1 is 1.08 bits per heavy atom. The molecular weight excluding hydrogens is 310 g/mol. The molecule has 0 aromatic rings. The van der Waals surface area contributed by atoms with E-state index in [0.29, 0.717) is 29.8 Å². The highest BCUT2D eigenvalue weighted by molar-refractivity contribution is 5.92. The van der Waals surface area contributed by atoms with Gasteiger partial charge in [0.05, 0.1) is 0 Å². The van der Waals surface area contributed by atoms with Crippen LogP contribution in [0.2, 0.25) is 0 Å². The fourth-order valence-corrected chi connectivity index (χ4v) is 5.88. The van der Waals surface area contributed by atoms with E-state index < -0.39 is 0 Å². The van der Waals surface area contributed by atoms with Crippen molar-refractivity contribution in [1.82, 2.24) is 4.90 Å². The number of carbonyl (C=O) groups is 1. The Labute approximate surface area is 152 Å². The smallest absolute Gasteiger partial charge is 0.334 e. The molecule has 0 aromatic heterocycles. The maximum atomic E-state index is 12.3. The van der Waals surface area contributed by atoms with Crippen LogP contribution in [0.15, 0.2) is 23.8 Å². The summed E-state index contributed by atoms with van der Waals surface area (Å²) in [7, 11) is 2.26. The summed E-state index contributed by atoms with van der Waals surface area (Å²) < 4.78 is 5.62. The van der Waals surface area contributed by atoms with E-state index in [4.69, 9.17) is 4.74 Å². The van der Waals surface area contributed by atoms with Gasteiger partial charge >= 0.3 is 5.97 Å². The van der Waals surface area contributed by atoms with Gasteiger partial charge in [-0.15, -0.1) is 0 Å². The predicted molar refractivity (Wildman–Crippen MR) is 100 cm³/mol. The zero-order chi connectivity index (χ0) is 17.6. The molecule has 0 spiro atoms. The summed E-state index contributed by atoms with van der Waals surface area (Å²) in [4.78, 5) is 14.8. The third-order valence-corrected chi connectivity index (χ3v) is 7.47. The Kier molecular flexibility index (Phi) is 4.79. The molecule has 4 rings (SSSR count). The van der Waals surface area contributed by atoms with Crippen molar-refractivity contribution in [3.05, 3.63) is 23.8 Å². The molecule has 7 atom stereocenters. The third kappa shape index (κ3) is 3.09. The Hall–Kier alpha value is -1.09. The molecule has 3 nitrogen and oxygen atoms in total. The molecule has 4 aliphatic rings. The third-order valence-electron chi connectivity index (χ3n) is 7.47. The molecule has 0 radical (unpaired) electrons. The Balaban J connectivity index is 1.60. The van der Waals surface area contributed by atoms with Crippen molar-refractivity contribution < 1.29 is 9.53 Å². The lowest BCUT2D eigenvalue weighted by molar-refractivity contribution is -0.138. The minimum absolute atomic E-state index is 0.0271. The first-order valence-electron chi connectivity index (χ1n) is 10.4. The number of ether oxygens (including phenoxy) is 1. The maximum Gasteiger partial charge on any atom is 0.334 e. The maximum absolute atomic E-state index is 12.3. The lowest BCUT2D eigenvalue weighted by Crippen LogP contribution is -2.42. The number of rotatable bonds is 2. The largest absolute Gasteiger partial charge is 0.459 e. The summed E-state index contributed by atoms with van der Waals surface area (Å²) in [5, 5.41) is 0. The molecule has 2 heterocycles. The van der Waals surface area contributed by atoms with Crippen molar-refractivity contribution >= 4 is 5.97 Å². The molecule has 0 amide bonds. The summed E-state index contributed by atoms with van der Waals surface area (Å²) in [6, 6.07) is 1.22. The molecule has 1 saturated carbocycles. The van der Waals surface area contributed by atoms with Crippen LogP contribution in [0.4, 0.5) is 0 Å². The van der Waals surface area contributed by atoms with E-state index in [1.807, 2.05) is 0 Å². The number of likely N-dealkylation sites (N-methyl/N-ethyl adjacent to an activating group) is 1. The normalized spacial score (nSPS) is 45.0. The number of likely N-dealkylation sites (tertiary alicyclic amines) is 1. The topological polar surface area (TPSA) is 29.5 Å². The van der Waals surface area contributed by atoms with Crippen molar-refractivity contribution in [1.29, 1.82) is 0 Å². The fourth-order valence-electron chi connectivity index (χ4n) is 5.88. The summed E-state index contributed by atoms with van der Waals surface area (Å²) in [6.07, 6.45) is 16.3. The van der Waals surface area contributed by atoms with Gasteiger partial charge < -0.3 is 4.74 Å². The first kappa shape index (κ1) is 17.3. The number of carbonyl (C=O) groups excluding carboxylic acids is 1. The fraction of sp³-hybridized carbons (Fsp3) is 0.773. The van der Waals surface area contributed by atoms with Gasteiger partial charge in [-0.05, 0) is 64.3 Å². The van der Waals surface area contributed by atoms with E-state index in [1.54, 1.807) is 0 Å². The average Bonchev–Trinajstić information content (AvgIpc) is 2.89. The number of cyclic esters (lactones) is 1. The van der Waals surface area contributed by atoms with Crippen LogP contribution >= 0.6 is 0 Å². The van der Waals surface area contributed by atoms with Gasteiger partial charge in [-0.3, -0.25) is 4.90 Å². The van der Waals surface area contributed by atoms with Crippen molar-refractivity contribution in [3.8, 4) is 0 Å². The van der Waals surface area contributed by atoms with Crippen molar-refractivity contribution in [3.63, 3.8) is 0 Å². The quantitative estimate of drug-likeness (QED) is 0.552. The number of fused-ring (bicyclic) bond motifs is 2. The second-order valence-corrected chi connectivity index (χ2v) is 8.85. The SMILES string of the molecule is C[C@@H]1OC(=O)C2=C[C@H]3CCCC[C@@H]3[C@@H](/C=C/[C@@H]3CCC[C@@H](C)N3C)[C@H]21. The van der Waals surface area contributed by atoms with E-state index in [9.17, 15) is 4.79 Å². The summed E-state index contributed by atoms with van der Waals surface area (Å²) in [6.45, 7) is 4.42. The van der Waals surface area contributed by atoms with Gasteiger partial charge in [-0.1, -0.05) is 37.5 Å². The van der Waals surface area contributed by atoms with Gasteiger partial charge in [0.25, 0.3) is 0 Å². The molecule has 0 aromatic carbocycles. The molecule has 138 valence electrons. The van der Waals surface area contributed by atoms with Crippen LogP contribution in [-0.2, 0) is 9.53 Å². The Morgan fingerprint density at radius 3 is 2.72 bits per heavy atom. The molecule has 3 fully saturated rings. The monoisotopic (exact) mass is 343 g/mol. The zero-order valence-corrected chi connectivity index (χ0v) is 16.0. The highest BCUT2D eigenvalue weighted by Crippen LogP contribution is 2.50. The molecule has 0 N–H and O–H groups in total.